The SMILES string of the molecule is CN1CC(n2nccc2-c2cc(C(F)(F)F)ccc2O)C1. The summed E-state index contributed by atoms with van der Waals surface area (Å²) in [6.45, 7) is 1.57. The number of halogens is 3. The van der Waals surface area contributed by atoms with E-state index in [1.165, 1.54) is 6.20 Å². The van der Waals surface area contributed by atoms with E-state index in [-0.39, 0.29) is 17.4 Å². The number of aromatic hydroxyl groups is 1. The fourth-order valence-corrected chi connectivity index (χ4v) is 2.56. The lowest BCUT2D eigenvalue weighted by atomic mass is 10.0. The third-order valence-corrected chi connectivity index (χ3v) is 3.66. The van der Waals surface area contributed by atoms with Gasteiger partial charge in [-0.3, -0.25) is 4.68 Å². The summed E-state index contributed by atoms with van der Waals surface area (Å²) < 4.78 is 40.1. The van der Waals surface area contributed by atoms with Crippen molar-refractivity contribution in [3.63, 3.8) is 0 Å². The number of hydrogen-bond acceptors (Lipinski definition) is 3. The third-order valence-electron chi connectivity index (χ3n) is 3.66. The standard InChI is InChI=1S/C14H14F3N3O/c1-19-7-10(8-19)20-12(4-5-18-20)11-6-9(14(15,16)17)2-3-13(11)21/h2-6,10,21H,7-8H2,1H3. The first-order chi connectivity index (χ1) is 9.86. The molecule has 2 heterocycles. The Hall–Kier alpha value is -2.02. The van der Waals surface area contributed by atoms with Gasteiger partial charge in [-0.1, -0.05) is 0 Å². The molecule has 0 saturated carbocycles. The fraction of sp³-hybridized carbons (Fsp3) is 0.357. The van der Waals surface area contributed by atoms with Gasteiger partial charge in [-0.25, -0.2) is 0 Å². The number of phenols is 1. The fourth-order valence-electron chi connectivity index (χ4n) is 2.56. The van der Waals surface area contributed by atoms with Crippen LogP contribution in [0.25, 0.3) is 11.3 Å². The highest BCUT2D eigenvalue weighted by Gasteiger charge is 2.32. The predicted molar refractivity (Wildman–Crippen MR) is 70.9 cm³/mol. The summed E-state index contributed by atoms with van der Waals surface area (Å²) in [4.78, 5) is 2.09. The number of likely N-dealkylation sites (tertiary alicyclic amines) is 1. The van der Waals surface area contributed by atoms with E-state index in [1.807, 2.05) is 7.05 Å². The molecule has 4 nitrogen and oxygen atoms in total. The second-order valence-electron chi connectivity index (χ2n) is 5.27. The van der Waals surface area contributed by atoms with Gasteiger partial charge in [-0.15, -0.1) is 0 Å². The molecular formula is C14H14F3N3O. The summed E-state index contributed by atoms with van der Waals surface area (Å²) in [5, 5.41) is 14.1. The number of likely N-dealkylation sites (N-methyl/N-ethyl adjacent to an activating group) is 1. The van der Waals surface area contributed by atoms with Crippen LogP contribution >= 0.6 is 0 Å². The van der Waals surface area contributed by atoms with Gasteiger partial charge in [-0.05, 0) is 31.3 Å². The van der Waals surface area contributed by atoms with E-state index in [0.29, 0.717) is 5.69 Å². The van der Waals surface area contributed by atoms with E-state index in [9.17, 15) is 18.3 Å². The molecule has 112 valence electrons. The summed E-state index contributed by atoms with van der Waals surface area (Å²) in [6, 6.07) is 4.65. The number of rotatable bonds is 2. The molecule has 3 rings (SSSR count). The summed E-state index contributed by atoms with van der Waals surface area (Å²) in [5.74, 6) is -0.183. The molecule has 0 bridgehead atoms. The van der Waals surface area contributed by atoms with Crippen molar-refractivity contribution in [1.82, 2.24) is 14.7 Å². The molecule has 1 N–H and O–H groups in total. The molecule has 0 atom stereocenters. The van der Waals surface area contributed by atoms with E-state index in [0.717, 1.165) is 31.3 Å². The van der Waals surface area contributed by atoms with Gasteiger partial charge >= 0.3 is 6.18 Å². The molecule has 21 heavy (non-hydrogen) atoms. The molecule has 1 aliphatic heterocycles. The molecule has 1 aliphatic rings. The first kappa shape index (κ1) is 13.9. The first-order valence-corrected chi connectivity index (χ1v) is 6.49. The van der Waals surface area contributed by atoms with Crippen molar-refractivity contribution in [3.05, 3.63) is 36.0 Å². The van der Waals surface area contributed by atoms with Crippen molar-refractivity contribution in [2.45, 2.75) is 12.2 Å². The largest absolute Gasteiger partial charge is 0.507 e. The average Bonchev–Trinajstić information content (AvgIpc) is 2.82. The minimum Gasteiger partial charge on any atom is -0.507 e. The van der Waals surface area contributed by atoms with Crippen molar-refractivity contribution in [2.24, 2.45) is 0 Å². The van der Waals surface area contributed by atoms with E-state index < -0.39 is 11.7 Å². The van der Waals surface area contributed by atoms with Crippen molar-refractivity contribution >= 4 is 0 Å². The van der Waals surface area contributed by atoms with Crippen LogP contribution in [0.4, 0.5) is 13.2 Å². The van der Waals surface area contributed by atoms with Gasteiger partial charge < -0.3 is 10.0 Å². The zero-order chi connectivity index (χ0) is 15.2. The summed E-state index contributed by atoms with van der Waals surface area (Å²) in [5.41, 5.74) is -0.137. The van der Waals surface area contributed by atoms with Crippen LogP contribution in [-0.2, 0) is 6.18 Å². The van der Waals surface area contributed by atoms with Crippen LogP contribution in [0, 0.1) is 0 Å². The van der Waals surface area contributed by atoms with Crippen LogP contribution in [-0.4, -0.2) is 39.9 Å². The van der Waals surface area contributed by atoms with E-state index in [4.69, 9.17) is 0 Å². The van der Waals surface area contributed by atoms with Crippen LogP contribution in [0.5, 0.6) is 5.75 Å². The van der Waals surface area contributed by atoms with Gasteiger partial charge in [0, 0.05) is 24.8 Å². The van der Waals surface area contributed by atoms with Crippen LogP contribution < -0.4 is 0 Å². The Morgan fingerprint density at radius 1 is 1.24 bits per heavy atom. The van der Waals surface area contributed by atoms with Crippen molar-refractivity contribution in [2.75, 3.05) is 20.1 Å². The zero-order valence-electron chi connectivity index (χ0n) is 11.3. The van der Waals surface area contributed by atoms with Crippen molar-refractivity contribution in [1.29, 1.82) is 0 Å². The Morgan fingerprint density at radius 3 is 2.57 bits per heavy atom. The number of aromatic nitrogens is 2. The summed E-state index contributed by atoms with van der Waals surface area (Å²) in [6.07, 6.45) is -2.91. The number of hydrogen-bond donors (Lipinski definition) is 1. The molecule has 0 spiro atoms. The topological polar surface area (TPSA) is 41.3 Å². The number of phenolic OH excluding ortho intramolecular Hbond substituents is 1. The van der Waals surface area contributed by atoms with Crippen molar-refractivity contribution in [3.8, 4) is 17.0 Å². The molecule has 1 aromatic carbocycles. The van der Waals surface area contributed by atoms with Crippen LogP contribution in [0.3, 0.4) is 0 Å². The first-order valence-electron chi connectivity index (χ1n) is 6.49. The Labute approximate surface area is 119 Å². The van der Waals surface area contributed by atoms with E-state index in [2.05, 4.69) is 10.00 Å². The molecule has 1 saturated heterocycles. The number of benzene rings is 1. The van der Waals surface area contributed by atoms with Crippen LogP contribution in [0.1, 0.15) is 11.6 Å². The second kappa shape index (κ2) is 4.77. The molecule has 7 heteroatoms. The lowest BCUT2D eigenvalue weighted by molar-refractivity contribution is -0.137. The highest BCUT2D eigenvalue weighted by atomic mass is 19.4. The van der Waals surface area contributed by atoms with Gasteiger partial charge in [0.1, 0.15) is 5.75 Å². The molecule has 0 unspecified atom stereocenters. The minimum atomic E-state index is -4.44. The van der Waals surface area contributed by atoms with E-state index in [1.54, 1.807) is 10.7 Å². The molecule has 2 aromatic rings. The molecular weight excluding hydrogens is 283 g/mol. The quantitative estimate of drug-likeness (QED) is 0.926. The maximum Gasteiger partial charge on any atom is 0.416 e. The molecule has 0 radical (unpaired) electrons. The highest BCUT2D eigenvalue weighted by Crippen LogP contribution is 2.37. The average molecular weight is 297 g/mol. The lowest BCUT2D eigenvalue weighted by Crippen LogP contribution is -2.45. The summed E-state index contributed by atoms with van der Waals surface area (Å²) >= 11 is 0. The zero-order valence-corrected chi connectivity index (χ0v) is 11.3. The van der Waals surface area contributed by atoms with Gasteiger partial charge in [-0.2, -0.15) is 18.3 Å². The number of nitrogens with zero attached hydrogens (tertiary/aromatic N) is 3. The maximum atomic E-state index is 12.8. The Balaban J connectivity index is 2.03. The molecule has 0 aliphatic carbocycles. The van der Waals surface area contributed by atoms with Crippen molar-refractivity contribution < 1.29 is 18.3 Å². The Kier molecular flexibility index (Phi) is 3.16. The molecule has 1 aromatic heterocycles. The number of alkyl halides is 3. The normalized spacial score (nSPS) is 17.0. The van der Waals surface area contributed by atoms with Gasteiger partial charge in [0.15, 0.2) is 0 Å². The predicted octanol–water partition coefficient (Wildman–Crippen LogP) is 2.76. The van der Waals surface area contributed by atoms with Gasteiger partial charge in [0.2, 0.25) is 0 Å². The molecule has 0 amide bonds. The van der Waals surface area contributed by atoms with Gasteiger partial charge in [0.05, 0.1) is 17.3 Å². The second-order valence-corrected chi connectivity index (χ2v) is 5.27. The Bertz CT molecular complexity index is 660. The maximum absolute atomic E-state index is 12.8. The minimum absolute atomic E-state index is 0.119. The smallest absolute Gasteiger partial charge is 0.416 e. The highest BCUT2D eigenvalue weighted by molar-refractivity contribution is 5.68. The molecule has 1 fully saturated rings. The van der Waals surface area contributed by atoms with E-state index >= 15 is 0 Å². The summed E-state index contributed by atoms with van der Waals surface area (Å²) in [7, 11) is 1.96. The third kappa shape index (κ3) is 2.49. The lowest BCUT2D eigenvalue weighted by Gasteiger charge is -2.37. The van der Waals surface area contributed by atoms with Gasteiger partial charge in [0.25, 0.3) is 0 Å². The van der Waals surface area contributed by atoms with Crippen LogP contribution in [0.15, 0.2) is 30.5 Å². The monoisotopic (exact) mass is 297 g/mol. The van der Waals surface area contributed by atoms with Crippen LogP contribution in [0.2, 0.25) is 0 Å². The Morgan fingerprint density at radius 2 is 1.95 bits per heavy atom.